The number of nitrogens with zero attached hydrogens (tertiary/aromatic N) is 3. The highest BCUT2D eigenvalue weighted by Gasteiger charge is 2.29. The van der Waals surface area contributed by atoms with E-state index in [0.717, 1.165) is 111 Å². The average molecular weight is 828 g/mol. The van der Waals surface area contributed by atoms with Gasteiger partial charge in [0, 0.05) is 22.4 Å². The van der Waals surface area contributed by atoms with Crippen molar-refractivity contribution in [3.63, 3.8) is 0 Å². The highest BCUT2D eigenvalue weighted by molar-refractivity contribution is 6.21. The topological polar surface area (TPSA) is 77.2 Å². The summed E-state index contributed by atoms with van der Waals surface area (Å²) in [6, 6.07) is 64.0. The lowest BCUT2D eigenvalue weighted by atomic mass is 9.79. The third-order valence-electron chi connectivity index (χ3n) is 12.4. The molecule has 306 valence electrons. The smallest absolute Gasteiger partial charge is 0.149 e. The zero-order chi connectivity index (χ0) is 43.1. The second-order valence-corrected chi connectivity index (χ2v) is 17.5. The van der Waals surface area contributed by atoms with Gasteiger partial charge in [0.1, 0.15) is 33.9 Å². The number of furan rings is 2. The van der Waals surface area contributed by atoms with Gasteiger partial charge >= 0.3 is 0 Å². The summed E-state index contributed by atoms with van der Waals surface area (Å²) in [7, 11) is 0. The Morgan fingerprint density at radius 2 is 1.05 bits per heavy atom. The van der Waals surface area contributed by atoms with Crippen molar-refractivity contribution in [3.05, 3.63) is 194 Å². The summed E-state index contributed by atoms with van der Waals surface area (Å²) in [5.41, 5.74) is 16.9. The number of phenolic OH excluding ortho intramolecular Hbond substituents is 1. The molecule has 0 aliphatic rings. The molecule has 0 bridgehead atoms. The number of rotatable bonds is 7. The first-order valence-electron chi connectivity index (χ1n) is 21.6. The molecule has 8 aromatic carbocycles. The predicted octanol–water partition coefficient (Wildman–Crippen LogP) is 15.5. The van der Waals surface area contributed by atoms with Crippen LogP contribution < -0.4 is 0 Å². The van der Waals surface area contributed by atoms with E-state index >= 15 is 0 Å². The fourth-order valence-electron chi connectivity index (χ4n) is 9.49. The van der Waals surface area contributed by atoms with Crippen molar-refractivity contribution in [2.24, 2.45) is 0 Å². The lowest BCUT2D eigenvalue weighted by molar-refractivity contribution is 0.477. The van der Waals surface area contributed by atoms with Crippen LogP contribution in [0, 0.1) is 0 Å². The second kappa shape index (κ2) is 14.4. The minimum absolute atomic E-state index is 0.137. The molecule has 0 unspecified atom stereocenters. The molecule has 12 rings (SSSR count). The molecule has 0 atom stereocenters. The molecule has 0 fully saturated rings. The highest BCUT2D eigenvalue weighted by atomic mass is 16.4. The van der Waals surface area contributed by atoms with Crippen LogP contribution in [-0.4, -0.2) is 19.6 Å². The predicted molar refractivity (Wildman–Crippen MR) is 260 cm³/mol. The van der Waals surface area contributed by atoms with Gasteiger partial charge in [0.2, 0.25) is 0 Å². The Labute approximate surface area is 369 Å². The summed E-state index contributed by atoms with van der Waals surface area (Å²) in [4.78, 5) is 11.1. The van der Waals surface area contributed by atoms with E-state index in [4.69, 9.17) is 18.8 Å². The monoisotopic (exact) mass is 827 g/mol. The first kappa shape index (κ1) is 37.5. The summed E-state index contributed by atoms with van der Waals surface area (Å²) in [6.07, 6.45) is 0. The van der Waals surface area contributed by atoms with Gasteiger partial charge < -0.3 is 13.9 Å². The Morgan fingerprint density at radius 3 is 1.70 bits per heavy atom. The molecule has 0 aliphatic heterocycles. The number of hydrogen-bond donors (Lipinski definition) is 1. The van der Waals surface area contributed by atoms with Crippen molar-refractivity contribution >= 4 is 44.1 Å². The molecular formula is C58H41N3O3. The van der Waals surface area contributed by atoms with E-state index in [1.54, 1.807) is 0 Å². The van der Waals surface area contributed by atoms with Crippen LogP contribution in [0.3, 0.4) is 0 Å². The Hall–Kier alpha value is -8.22. The highest BCUT2D eigenvalue weighted by Crippen LogP contribution is 2.47. The summed E-state index contributed by atoms with van der Waals surface area (Å²) < 4.78 is 15.0. The Morgan fingerprint density at radius 1 is 0.469 bits per heavy atom. The first-order chi connectivity index (χ1) is 31.3. The zero-order valence-corrected chi connectivity index (χ0v) is 35.5. The molecule has 64 heavy (non-hydrogen) atoms. The van der Waals surface area contributed by atoms with Gasteiger partial charge in [-0.15, -0.1) is 0 Å². The summed E-state index contributed by atoms with van der Waals surface area (Å²) in [6.45, 7) is 6.76. The zero-order valence-electron chi connectivity index (χ0n) is 35.5. The maximum absolute atomic E-state index is 12.1. The molecule has 0 aliphatic carbocycles. The maximum atomic E-state index is 12.1. The van der Waals surface area contributed by atoms with Crippen LogP contribution in [0.1, 0.15) is 26.3 Å². The molecule has 6 heteroatoms. The number of imidazole rings is 1. The van der Waals surface area contributed by atoms with Crippen LogP contribution in [0.4, 0.5) is 0 Å². The number of fused-ring (bicyclic) bond motifs is 1. The largest absolute Gasteiger partial charge is 0.507 e. The van der Waals surface area contributed by atoms with E-state index in [1.807, 2.05) is 78.9 Å². The number of phenols is 1. The van der Waals surface area contributed by atoms with Crippen molar-refractivity contribution < 1.29 is 13.9 Å². The molecule has 4 aromatic heterocycles. The van der Waals surface area contributed by atoms with E-state index in [9.17, 15) is 5.11 Å². The molecule has 0 saturated heterocycles. The molecule has 0 radical (unpaired) electrons. The molecule has 1 N–H and O–H groups in total. The number of hydrogen-bond acceptors (Lipinski definition) is 5. The lowest BCUT2D eigenvalue weighted by Gasteiger charge is -2.26. The Balaban J connectivity index is 1.10. The average Bonchev–Trinajstić information content (AvgIpc) is 4.04. The van der Waals surface area contributed by atoms with Gasteiger partial charge in [-0.2, -0.15) is 0 Å². The molecule has 12 aromatic rings. The van der Waals surface area contributed by atoms with Crippen LogP contribution in [0.15, 0.2) is 197 Å². The van der Waals surface area contributed by atoms with Crippen molar-refractivity contribution in [1.29, 1.82) is 0 Å². The van der Waals surface area contributed by atoms with E-state index < -0.39 is 0 Å². The van der Waals surface area contributed by atoms with Gasteiger partial charge in [0.15, 0.2) is 0 Å². The third-order valence-corrected chi connectivity index (χ3v) is 12.4. The second-order valence-electron chi connectivity index (χ2n) is 17.5. The number of benzene rings is 8. The Bertz CT molecular complexity index is 3650. The van der Waals surface area contributed by atoms with Crippen LogP contribution >= 0.6 is 0 Å². The Kier molecular flexibility index (Phi) is 8.46. The SMILES string of the molecule is CC(C)(C)c1cc(-c2cc3oc4cccc5oc(c2)c3c45)nc(-c2cccc3c2nc(-c2ccc(-c4ccccc4-c4ccccc4)cc2O)n3-c2ccccc2)c1-c1ccccc1. The van der Waals surface area contributed by atoms with Gasteiger partial charge in [-0.1, -0.05) is 148 Å². The molecule has 0 amide bonds. The fraction of sp³-hybridized carbons (Fsp3) is 0.0690. The number of para-hydroxylation sites is 2. The first-order valence-corrected chi connectivity index (χ1v) is 21.6. The number of aromatic hydroxyl groups is 1. The number of pyridine rings is 1. The van der Waals surface area contributed by atoms with Gasteiger partial charge in [0.25, 0.3) is 0 Å². The molecule has 0 spiro atoms. The summed E-state index contributed by atoms with van der Waals surface area (Å²) >= 11 is 0. The van der Waals surface area contributed by atoms with Crippen LogP contribution in [-0.2, 0) is 5.41 Å². The van der Waals surface area contributed by atoms with Gasteiger partial charge in [-0.3, -0.25) is 4.57 Å². The third kappa shape index (κ3) is 6.02. The van der Waals surface area contributed by atoms with Crippen molar-refractivity contribution in [1.82, 2.24) is 14.5 Å². The van der Waals surface area contributed by atoms with Crippen molar-refractivity contribution in [2.45, 2.75) is 26.2 Å². The van der Waals surface area contributed by atoms with E-state index in [-0.39, 0.29) is 11.2 Å². The van der Waals surface area contributed by atoms with Gasteiger partial charge in [-0.05, 0) is 99.5 Å². The quantitative estimate of drug-likeness (QED) is 0.173. The minimum atomic E-state index is -0.281. The number of aromatic nitrogens is 3. The summed E-state index contributed by atoms with van der Waals surface area (Å²) in [5, 5.41) is 14.1. The van der Waals surface area contributed by atoms with E-state index in [0.29, 0.717) is 11.4 Å². The van der Waals surface area contributed by atoms with Crippen LogP contribution in [0.5, 0.6) is 5.75 Å². The molecule has 4 heterocycles. The maximum Gasteiger partial charge on any atom is 0.149 e. The minimum Gasteiger partial charge on any atom is -0.507 e. The normalized spacial score (nSPS) is 12.0. The fourth-order valence-corrected chi connectivity index (χ4v) is 9.49. The van der Waals surface area contributed by atoms with Crippen LogP contribution in [0.25, 0.3) is 117 Å². The van der Waals surface area contributed by atoms with Gasteiger partial charge in [0.05, 0.1) is 38.8 Å². The van der Waals surface area contributed by atoms with Crippen LogP contribution in [0.2, 0.25) is 0 Å². The van der Waals surface area contributed by atoms with E-state index in [1.165, 1.54) is 0 Å². The molecular weight excluding hydrogens is 787 g/mol. The van der Waals surface area contributed by atoms with Gasteiger partial charge in [-0.25, -0.2) is 9.97 Å². The van der Waals surface area contributed by atoms with E-state index in [2.05, 4.69) is 135 Å². The molecule has 0 saturated carbocycles. The van der Waals surface area contributed by atoms with Crippen molar-refractivity contribution in [2.75, 3.05) is 0 Å². The standard InChI is InChI=1S/C58H41N3O3/c1-58(2,3)44-34-45(38-32-50-54-51(33-38)64-49-28-16-27-48(63-50)53(49)54)59-56(52(44)36-19-9-5-10-20-36)43-25-15-26-46-55(43)60-57(61(46)39-21-11-6-12-22-39)42-30-29-37(31-47(42)62)41-24-14-13-23-40(41)35-17-7-4-8-18-35/h4-34,62H,1-3H3. The van der Waals surface area contributed by atoms with Crippen molar-refractivity contribution in [3.8, 4) is 78.7 Å². The molecule has 6 nitrogen and oxygen atoms in total. The summed E-state index contributed by atoms with van der Waals surface area (Å²) in [5.74, 6) is 0.759. The lowest BCUT2D eigenvalue weighted by Crippen LogP contribution is -2.15.